The molecule has 2 aromatic rings. The van der Waals surface area contributed by atoms with Gasteiger partial charge in [-0.2, -0.15) is 10.4 Å². The summed E-state index contributed by atoms with van der Waals surface area (Å²) in [5.74, 6) is 0.225. The Bertz CT molecular complexity index is 915. The number of ether oxygens (including phenoxy) is 1. The lowest BCUT2D eigenvalue weighted by molar-refractivity contribution is -0.206. The van der Waals surface area contributed by atoms with Gasteiger partial charge in [0, 0.05) is 6.54 Å². The van der Waals surface area contributed by atoms with E-state index in [0.29, 0.717) is 24.4 Å². The first-order valence-electron chi connectivity index (χ1n) is 9.48. The Morgan fingerprint density at radius 3 is 2.50 bits per heavy atom. The van der Waals surface area contributed by atoms with E-state index >= 15 is 0 Å². The third kappa shape index (κ3) is 7.24. The molecule has 30 heavy (non-hydrogen) atoms. The Morgan fingerprint density at radius 1 is 1.33 bits per heavy atom. The van der Waals surface area contributed by atoms with Gasteiger partial charge >= 0.3 is 5.97 Å². The molecule has 0 unspecified atom stereocenters. The van der Waals surface area contributed by atoms with E-state index in [0.717, 1.165) is 35.5 Å². The first kappa shape index (κ1) is 24.7. The van der Waals surface area contributed by atoms with Crippen LogP contribution in [-0.2, 0) is 29.1 Å². The minimum absolute atomic E-state index is 0.169. The first-order chi connectivity index (χ1) is 14.3. The molecule has 162 valence electrons. The zero-order valence-corrected chi connectivity index (χ0v) is 17.5. The molecule has 9 heteroatoms. The van der Waals surface area contributed by atoms with Gasteiger partial charge in [0.2, 0.25) is 0 Å². The number of hydrogen-bond acceptors (Lipinski definition) is 7. The van der Waals surface area contributed by atoms with Crippen molar-refractivity contribution in [2.45, 2.75) is 46.6 Å². The Hall–Kier alpha value is -3.35. The van der Waals surface area contributed by atoms with E-state index in [1.807, 2.05) is 23.7 Å². The van der Waals surface area contributed by atoms with Gasteiger partial charge in [-0.3, -0.25) is 9.48 Å². The summed E-state index contributed by atoms with van der Waals surface area (Å²) in [4.78, 5) is 13.2. The van der Waals surface area contributed by atoms with Crippen LogP contribution in [0.1, 0.15) is 42.8 Å². The number of benzene rings is 1. The average molecular weight is 416 g/mol. The second-order valence-electron chi connectivity index (χ2n) is 6.39. The third-order valence-corrected chi connectivity index (χ3v) is 3.97. The molecule has 0 aliphatic rings. The zero-order valence-electron chi connectivity index (χ0n) is 17.5. The molecule has 1 aromatic carbocycles. The van der Waals surface area contributed by atoms with Crippen LogP contribution in [0.25, 0.3) is 0 Å². The van der Waals surface area contributed by atoms with Gasteiger partial charge in [-0.25, -0.2) is 5.26 Å². The topological polar surface area (TPSA) is 144 Å². The summed E-state index contributed by atoms with van der Waals surface area (Å²) >= 11 is 0. The molecule has 0 atom stereocenters. The van der Waals surface area contributed by atoms with Crippen molar-refractivity contribution in [2.75, 3.05) is 6.54 Å². The molecule has 1 heterocycles. The van der Waals surface area contributed by atoms with Gasteiger partial charge in [0.25, 0.3) is 0 Å². The van der Waals surface area contributed by atoms with Crippen LogP contribution in [0.2, 0.25) is 0 Å². The molecule has 4 N–H and O–H groups in total. The SMILES string of the molecule is C=C(CC(=O)O)OO.CCc1nn(CCN)c(CC)c1Oc1cc(C)cc(C#N)c1. The fourth-order valence-electron chi connectivity index (χ4n) is 2.72. The number of hydrogen-bond donors (Lipinski definition) is 3. The fourth-order valence-corrected chi connectivity index (χ4v) is 2.72. The smallest absolute Gasteiger partial charge is 0.311 e. The Balaban J connectivity index is 0.000000479. The standard InChI is InChI=1S/C17H22N4O.C4H6O4/c1-4-15-17(16(5-2)21(20-15)7-6-18)22-14-9-12(3)8-13(10-14)11-19;1-3(8-7)2-4(5)6/h8-10H,4-7,18H2,1-3H3;7H,1-2H2,(H,5,6). The van der Waals surface area contributed by atoms with Crippen LogP contribution in [0.15, 0.2) is 30.5 Å². The fraction of sp³-hybridized carbons (Fsp3) is 0.381. The van der Waals surface area contributed by atoms with Crippen LogP contribution in [0, 0.1) is 18.3 Å². The molecule has 0 radical (unpaired) electrons. The van der Waals surface area contributed by atoms with E-state index in [2.05, 4.69) is 36.5 Å². The Morgan fingerprint density at radius 2 is 2.03 bits per heavy atom. The van der Waals surface area contributed by atoms with Gasteiger partial charge in [-0.05, 0) is 43.5 Å². The van der Waals surface area contributed by atoms with Gasteiger partial charge in [-0.15, -0.1) is 0 Å². The number of aryl methyl sites for hydroxylation is 2. The lowest BCUT2D eigenvalue weighted by Gasteiger charge is -2.10. The molecule has 0 fully saturated rings. The number of aliphatic carboxylic acids is 1. The van der Waals surface area contributed by atoms with Gasteiger partial charge in [-0.1, -0.05) is 20.4 Å². The summed E-state index contributed by atoms with van der Waals surface area (Å²) in [6.45, 7) is 10.4. The molecule has 0 bridgehead atoms. The van der Waals surface area contributed by atoms with E-state index in [1.54, 1.807) is 6.07 Å². The van der Waals surface area contributed by atoms with Crippen LogP contribution in [0.5, 0.6) is 11.5 Å². The molecule has 0 saturated heterocycles. The normalized spacial score (nSPS) is 9.87. The second kappa shape index (κ2) is 12.3. The molecule has 0 spiro atoms. The summed E-state index contributed by atoms with van der Waals surface area (Å²) in [5, 5.41) is 29.4. The molecule has 0 amide bonds. The molecule has 0 aliphatic carbocycles. The van der Waals surface area contributed by atoms with Gasteiger partial charge in [0.05, 0.1) is 23.9 Å². The van der Waals surface area contributed by atoms with Crippen molar-refractivity contribution in [3.8, 4) is 17.6 Å². The number of rotatable bonds is 9. The molecule has 0 aliphatic heterocycles. The summed E-state index contributed by atoms with van der Waals surface area (Å²) in [6, 6.07) is 7.69. The van der Waals surface area contributed by atoms with Crippen LogP contribution in [-0.4, -0.2) is 32.7 Å². The minimum Gasteiger partial charge on any atom is -0.481 e. The maximum atomic E-state index is 9.72. The van der Waals surface area contributed by atoms with E-state index < -0.39 is 5.97 Å². The second-order valence-corrected chi connectivity index (χ2v) is 6.39. The number of carboxylic acids is 1. The zero-order chi connectivity index (χ0) is 22.7. The van der Waals surface area contributed by atoms with Crippen LogP contribution in [0.3, 0.4) is 0 Å². The van der Waals surface area contributed by atoms with Gasteiger partial charge < -0.3 is 20.5 Å². The minimum atomic E-state index is -1.08. The highest BCUT2D eigenvalue weighted by atomic mass is 17.1. The van der Waals surface area contributed by atoms with Crippen molar-refractivity contribution in [2.24, 2.45) is 5.73 Å². The van der Waals surface area contributed by atoms with Crippen molar-refractivity contribution in [3.05, 3.63) is 53.1 Å². The summed E-state index contributed by atoms with van der Waals surface area (Å²) in [6.07, 6.45) is 1.24. The highest BCUT2D eigenvalue weighted by molar-refractivity contribution is 5.69. The van der Waals surface area contributed by atoms with E-state index in [-0.39, 0.29) is 12.2 Å². The number of carboxylic acid groups (broad SMARTS) is 1. The van der Waals surface area contributed by atoms with Gasteiger partial charge in [0.15, 0.2) is 5.75 Å². The molecule has 1 aromatic heterocycles. The number of carbonyl (C=O) groups is 1. The number of nitrogens with zero attached hydrogens (tertiary/aromatic N) is 3. The molecule has 2 rings (SSSR count). The van der Waals surface area contributed by atoms with Crippen molar-refractivity contribution in [1.82, 2.24) is 9.78 Å². The van der Waals surface area contributed by atoms with Crippen molar-refractivity contribution >= 4 is 5.97 Å². The lowest BCUT2D eigenvalue weighted by atomic mass is 10.1. The van der Waals surface area contributed by atoms with Crippen molar-refractivity contribution in [3.63, 3.8) is 0 Å². The van der Waals surface area contributed by atoms with Crippen LogP contribution >= 0.6 is 0 Å². The Labute approximate surface area is 175 Å². The highest BCUT2D eigenvalue weighted by Gasteiger charge is 2.17. The molecule has 0 saturated carbocycles. The van der Waals surface area contributed by atoms with E-state index in [1.165, 1.54) is 0 Å². The van der Waals surface area contributed by atoms with Crippen LogP contribution in [0.4, 0.5) is 0 Å². The maximum absolute atomic E-state index is 9.72. The molecular weight excluding hydrogens is 388 g/mol. The van der Waals surface area contributed by atoms with E-state index in [9.17, 15) is 4.79 Å². The number of aromatic nitrogens is 2. The number of nitrogens with two attached hydrogens (primary N) is 1. The number of nitriles is 1. The summed E-state index contributed by atoms with van der Waals surface area (Å²) < 4.78 is 8.02. The quantitative estimate of drug-likeness (QED) is 0.320. The van der Waals surface area contributed by atoms with Crippen LogP contribution < -0.4 is 10.5 Å². The summed E-state index contributed by atoms with van der Waals surface area (Å²) in [7, 11) is 0. The van der Waals surface area contributed by atoms with E-state index in [4.69, 9.17) is 26.1 Å². The average Bonchev–Trinajstić information content (AvgIpc) is 3.03. The molecular formula is C21H28N4O5. The highest BCUT2D eigenvalue weighted by Crippen LogP contribution is 2.31. The predicted molar refractivity (Wildman–Crippen MR) is 111 cm³/mol. The Kier molecular flexibility index (Phi) is 10.1. The monoisotopic (exact) mass is 416 g/mol. The maximum Gasteiger partial charge on any atom is 0.311 e. The van der Waals surface area contributed by atoms with Gasteiger partial charge in [0.1, 0.15) is 23.6 Å². The largest absolute Gasteiger partial charge is 0.481 e. The first-order valence-corrected chi connectivity index (χ1v) is 9.48. The molecule has 9 nitrogen and oxygen atoms in total. The van der Waals surface area contributed by atoms with Crippen molar-refractivity contribution in [1.29, 1.82) is 5.26 Å². The lowest BCUT2D eigenvalue weighted by Crippen LogP contribution is -2.13. The summed E-state index contributed by atoms with van der Waals surface area (Å²) in [5.41, 5.74) is 9.22. The van der Waals surface area contributed by atoms with Crippen molar-refractivity contribution < 1.29 is 24.8 Å². The third-order valence-electron chi connectivity index (χ3n) is 3.97. The predicted octanol–water partition coefficient (Wildman–Crippen LogP) is 3.40.